The molecule has 212 valence electrons. The molecule has 2 amide bonds. The van der Waals surface area contributed by atoms with Crippen LogP contribution in [0.4, 0.5) is 0 Å². The molecule has 2 unspecified atom stereocenters. The zero-order valence-electron chi connectivity index (χ0n) is 20.2. The van der Waals surface area contributed by atoms with Crippen LogP contribution in [0.15, 0.2) is 12.2 Å². The highest BCUT2D eigenvalue weighted by atomic mass is 17.0. The van der Waals surface area contributed by atoms with Crippen LogP contribution in [0.2, 0.25) is 0 Å². The lowest BCUT2D eigenvalue weighted by Gasteiger charge is -2.28. The second-order valence-electron chi connectivity index (χ2n) is 8.67. The lowest BCUT2D eigenvalue weighted by Crippen LogP contribution is -2.49. The molecule has 0 saturated heterocycles. The van der Waals surface area contributed by atoms with Gasteiger partial charge in [-0.05, 0) is 51.4 Å². The van der Waals surface area contributed by atoms with Gasteiger partial charge in [-0.2, -0.15) is 0 Å². The number of hydrogen-bond donors (Lipinski definition) is 4. The van der Waals surface area contributed by atoms with Gasteiger partial charge in [-0.15, -0.1) is 20.2 Å². The molecule has 0 bridgehead atoms. The SMILES string of the molecule is NC(OC(=O)/C=C/C(=O)OC(N)C(=O)NC1CCC(O[N+](=O)[O-])CC1)C(=O)NC1CCC(O[N+](=O)[O-])CC1. The summed E-state index contributed by atoms with van der Waals surface area (Å²) >= 11 is 0. The largest absolute Gasteiger partial charge is 0.434 e. The Morgan fingerprint density at radius 2 is 1.00 bits per heavy atom. The normalized spacial score (nSPS) is 24.8. The number of hydrogen-bond acceptors (Lipinski definition) is 14. The smallest absolute Gasteiger partial charge is 0.333 e. The number of esters is 2. The van der Waals surface area contributed by atoms with Crippen LogP contribution in [-0.4, -0.2) is 70.7 Å². The Balaban J connectivity index is 1.66. The van der Waals surface area contributed by atoms with E-state index in [2.05, 4.69) is 20.3 Å². The van der Waals surface area contributed by atoms with Crippen molar-refractivity contribution in [3.8, 4) is 0 Å². The van der Waals surface area contributed by atoms with E-state index in [1.807, 2.05) is 0 Å². The molecule has 0 aromatic rings. The lowest BCUT2D eigenvalue weighted by molar-refractivity contribution is -0.769. The van der Waals surface area contributed by atoms with Crippen molar-refractivity contribution in [2.24, 2.45) is 11.5 Å². The second-order valence-corrected chi connectivity index (χ2v) is 8.67. The fourth-order valence-corrected chi connectivity index (χ4v) is 4.01. The van der Waals surface area contributed by atoms with Gasteiger partial charge in [-0.3, -0.25) is 21.1 Å². The highest BCUT2D eigenvalue weighted by molar-refractivity contribution is 5.94. The van der Waals surface area contributed by atoms with Crippen molar-refractivity contribution >= 4 is 23.8 Å². The predicted molar refractivity (Wildman–Crippen MR) is 122 cm³/mol. The fraction of sp³-hybridized carbons (Fsp3) is 0.700. The molecule has 18 heteroatoms. The molecule has 2 rings (SSSR count). The number of nitrogens with zero attached hydrogens (tertiary/aromatic N) is 2. The van der Waals surface area contributed by atoms with E-state index in [4.69, 9.17) is 20.9 Å². The Hall–Kier alpha value is -4.06. The number of amides is 2. The van der Waals surface area contributed by atoms with E-state index < -0.39 is 58.6 Å². The molecule has 0 aromatic heterocycles. The maximum absolute atomic E-state index is 12.1. The second kappa shape index (κ2) is 14.6. The van der Waals surface area contributed by atoms with Crippen molar-refractivity contribution in [2.45, 2.75) is 88.1 Å². The highest BCUT2D eigenvalue weighted by Gasteiger charge is 2.28. The Bertz CT molecular complexity index is 842. The Labute approximate surface area is 215 Å². The van der Waals surface area contributed by atoms with Crippen LogP contribution in [0.3, 0.4) is 0 Å². The third-order valence-electron chi connectivity index (χ3n) is 5.87. The first-order valence-electron chi connectivity index (χ1n) is 11.8. The van der Waals surface area contributed by atoms with E-state index in [9.17, 15) is 39.4 Å². The van der Waals surface area contributed by atoms with E-state index in [1.54, 1.807) is 0 Å². The summed E-state index contributed by atoms with van der Waals surface area (Å²) in [6.07, 6.45) is -0.167. The summed E-state index contributed by atoms with van der Waals surface area (Å²) in [5, 5.41) is 24.2. The van der Waals surface area contributed by atoms with Crippen LogP contribution in [0.5, 0.6) is 0 Å². The molecule has 0 heterocycles. The molecule has 0 aromatic carbocycles. The van der Waals surface area contributed by atoms with Gasteiger partial charge in [0, 0.05) is 24.2 Å². The molecular formula is C20H30N6O12. The minimum atomic E-state index is -1.69. The van der Waals surface area contributed by atoms with Gasteiger partial charge in [0.05, 0.1) is 0 Å². The number of ether oxygens (including phenoxy) is 2. The third kappa shape index (κ3) is 10.9. The zero-order chi connectivity index (χ0) is 28.2. The number of nitrogens with two attached hydrogens (primary N) is 2. The summed E-state index contributed by atoms with van der Waals surface area (Å²) < 4.78 is 9.44. The standard InChI is InChI=1S/C20H30N6O12/c21-17(19(29)23-11-1-5-13(6-2-11)37-25(31)32)35-15(27)9-10-16(28)36-18(22)20(30)24-12-3-7-14(8-4-12)38-26(33)34/h9-14,17-18H,1-8,21-22H2,(H,23,29)(H,24,30)/b10-9+. The van der Waals surface area contributed by atoms with Crippen molar-refractivity contribution in [1.29, 1.82) is 0 Å². The average Bonchev–Trinajstić information content (AvgIpc) is 2.84. The molecule has 2 aliphatic carbocycles. The van der Waals surface area contributed by atoms with Gasteiger partial charge >= 0.3 is 11.9 Å². The highest BCUT2D eigenvalue weighted by Crippen LogP contribution is 2.22. The van der Waals surface area contributed by atoms with Gasteiger partial charge in [0.1, 0.15) is 12.2 Å². The summed E-state index contributed by atoms with van der Waals surface area (Å²) in [6, 6.07) is -0.664. The molecule has 0 spiro atoms. The molecule has 2 fully saturated rings. The van der Waals surface area contributed by atoms with Gasteiger partial charge in [0.25, 0.3) is 22.0 Å². The average molecular weight is 546 g/mol. The van der Waals surface area contributed by atoms with Crippen molar-refractivity contribution in [3.05, 3.63) is 32.4 Å². The van der Waals surface area contributed by atoms with Crippen LogP contribution >= 0.6 is 0 Å². The first-order chi connectivity index (χ1) is 17.9. The van der Waals surface area contributed by atoms with Crippen molar-refractivity contribution in [1.82, 2.24) is 10.6 Å². The minimum Gasteiger partial charge on any atom is -0.434 e. The summed E-state index contributed by atoms with van der Waals surface area (Å²) in [5.74, 6) is -3.88. The third-order valence-corrected chi connectivity index (χ3v) is 5.87. The monoisotopic (exact) mass is 546 g/mol. The van der Waals surface area contributed by atoms with E-state index in [0.29, 0.717) is 63.5 Å². The first-order valence-corrected chi connectivity index (χ1v) is 11.8. The topological polar surface area (TPSA) is 268 Å². The predicted octanol–water partition coefficient (Wildman–Crippen LogP) is -1.53. The fourth-order valence-electron chi connectivity index (χ4n) is 4.01. The first kappa shape index (κ1) is 30.2. The van der Waals surface area contributed by atoms with E-state index in [-0.39, 0.29) is 12.1 Å². The molecule has 6 N–H and O–H groups in total. The zero-order valence-corrected chi connectivity index (χ0v) is 20.2. The summed E-state index contributed by atoms with van der Waals surface area (Å²) in [6.45, 7) is 0. The summed E-state index contributed by atoms with van der Waals surface area (Å²) in [4.78, 5) is 77.7. The van der Waals surface area contributed by atoms with Gasteiger partial charge in [0.2, 0.25) is 12.5 Å². The molecule has 2 aliphatic rings. The van der Waals surface area contributed by atoms with Crippen molar-refractivity contribution in [2.75, 3.05) is 0 Å². The molecule has 2 saturated carbocycles. The summed E-state index contributed by atoms with van der Waals surface area (Å²) in [5.41, 5.74) is 11.1. The van der Waals surface area contributed by atoms with Crippen LogP contribution in [-0.2, 0) is 38.3 Å². The van der Waals surface area contributed by atoms with E-state index in [1.165, 1.54) is 0 Å². The maximum atomic E-state index is 12.1. The number of nitrogens with one attached hydrogen (secondary N) is 2. The minimum absolute atomic E-state index is 0.332. The molecule has 0 radical (unpaired) electrons. The number of carbonyl (C=O) groups is 4. The van der Waals surface area contributed by atoms with E-state index >= 15 is 0 Å². The molecule has 2 atom stereocenters. The van der Waals surface area contributed by atoms with Crippen LogP contribution in [0, 0.1) is 20.2 Å². The Kier molecular flexibility index (Phi) is 11.6. The quantitative estimate of drug-likeness (QED) is 0.0711. The van der Waals surface area contributed by atoms with Crippen molar-refractivity contribution in [3.63, 3.8) is 0 Å². The summed E-state index contributed by atoms with van der Waals surface area (Å²) in [7, 11) is 0. The molecule has 38 heavy (non-hydrogen) atoms. The lowest BCUT2D eigenvalue weighted by atomic mass is 9.93. The van der Waals surface area contributed by atoms with Crippen LogP contribution in [0.25, 0.3) is 0 Å². The van der Waals surface area contributed by atoms with Gasteiger partial charge < -0.3 is 29.8 Å². The van der Waals surface area contributed by atoms with E-state index in [0.717, 1.165) is 0 Å². The number of carbonyl (C=O) groups excluding carboxylic acids is 4. The van der Waals surface area contributed by atoms with Crippen LogP contribution < -0.4 is 22.1 Å². The number of rotatable bonds is 12. The molecule has 18 nitrogen and oxygen atoms in total. The Morgan fingerprint density at radius 3 is 1.29 bits per heavy atom. The Morgan fingerprint density at radius 1 is 0.684 bits per heavy atom. The van der Waals surface area contributed by atoms with Gasteiger partial charge in [-0.25, -0.2) is 9.59 Å². The van der Waals surface area contributed by atoms with Gasteiger partial charge in [0.15, 0.2) is 0 Å². The van der Waals surface area contributed by atoms with Crippen LogP contribution in [0.1, 0.15) is 51.4 Å². The van der Waals surface area contributed by atoms with Crippen molar-refractivity contribution < 1.29 is 48.5 Å². The molecular weight excluding hydrogens is 516 g/mol. The maximum Gasteiger partial charge on any atom is 0.333 e. The van der Waals surface area contributed by atoms with Gasteiger partial charge in [-0.1, -0.05) is 0 Å². The molecule has 0 aliphatic heterocycles.